The number of carbonyl (C=O) groups is 2. The lowest BCUT2D eigenvalue weighted by Crippen LogP contribution is -2.46. The molecule has 1 atom stereocenters. The Hall–Kier alpha value is -2.64. The van der Waals surface area contributed by atoms with Gasteiger partial charge in [-0.1, -0.05) is 5.16 Å². The predicted molar refractivity (Wildman–Crippen MR) is 93.3 cm³/mol. The SMILES string of the molecule is Cc1cc(-c2n[nH]c3c2CN(C(=O)C2CC(=O)OC24CCCC4)CC3)no1. The van der Waals surface area contributed by atoms with Crippen molar-refractivity contribution in [1.29, 1.82) is 0 Å². The smallest absolute Gasteiger partial charge is 0.307 e. The van der Waals surface area contributed by atoms with Crippen LogP contribution in [-0.2, 0) is 27.3 Å². The quantitative estimate of drug-likeness (QED) is 0.813. The highest BCUT2D eigenvalue weighted by atomic mass is 16.6. The lowest BCUT2D eigenvalue weighted by molar-refractivity contribution is -0.152. The molecule has 0 bridgehead atoms. The van der Waals surface area contributed by atoms with Crippen LogP contribution in [0.4, 0.5) is 0 Å². The van der Waals surface area contributed by atoms with Gasteiger partial charge in [-0.15, -0.1) is 0 Å². The molecule has 5 rings (SSSR count). The number of rotatable bonds is 2. The second kappa shape index (κ2) is 5.94. The molecule has 2 aromatic heterocycles. The van der Waals surface area contributed by atoms with Gasteiger partial charge in [-0.25, -0.2) is 0 Å². The van der Waals surface area contributed by atoms with Gasteiger partial charge in [-0.2, -0.15) is 5.10 Å². The Morgan fingerprint density at radius 3 is 2.93 bits per heavy atom. The van der Waals surface area contributed by atoms with Crippen molar-refractivity contribution < 1.29 is 18.8 Å². The molecule has 0 aromatic carbocycles. The average Bonchev–Trinajstić information content (AvgIpc) is 3.42. The van der Waals surface area contributed by atoms with Crippen molar-refractivity contribution in [1.82, 2.24) is 20.3 Å². The number of H-pyrrole nitrogens is 1. The summed E-state index contributed by atoms with van der Waals surface area (Å²) in [5, 5.41) is 11.5. The molecule has 2 aliphatic heterocycles. The minimum Gasteiger partial charge on any atom is -0.458 e. The van der Waals surface area contributed by atoms with Crippen LogP contribution in [0, 0.1) is 12.8 Å². The topological polar surface area (TPSA) is 101 Å². The van der Waals surface area contributed by atoms with Gasteiger partial charge in [0.25, 0.3) is 0 Å². The zero-order valence-electron chi connectivity index (χ0n) is 15.3. The van der Waals surface area contributed by atoms with E-state index in [1.165, 1.54) is 0 Å². The molecule has 3 aliphatic rings. The fraction of sp³-hybridized carbons (Fsp3) is 0.579. The Bertz CT molecular complexity index is 909. The molecular weight excluding hydrogens is 348 g/mol. The zero-order valence-corrected chi connectivity index (χ0v) is 15.3. The summed E-state index contributed by atoms with van der Waals surface area (Å²) in [4.78, 5) is 27.1. The Balaban J connectivity index is 1.41. The highest BCUT2D eigenvalue weighted by Gasteiger charge is 2.55. The van der Waals surface area contributed by atoms with E-state index in [2.05, 4.69) is 15.4 Å². The number of carbonyl (C=O) groups excluding carboxylic acids is 2. The zero-order chi connectivity index (χ0) is 18.6. The van der Waals surface area contributed by atoms with Crippen LogP contribution in [0.5, 0.6) is 0 Å². The summed E-state index contributed by atoms with van der Waals surface area (Å²) < 4.78 is 10.8. The summed E-state index contributed by atoms with van der Waals surface area (Å²) in [5.41, 5.74) is 2.84. The largest absolute Gasteiger partial charge is 0.458 e. The predicted octanol–water partition coefficient (Wildman–Crippen LogP) is 2.13. The molecule has 2 aromatic rings. The number of aromatic amines is 1. The molecular formula is C19H22N4O4. The van der Waals surface area contributed by atoms with Crippen LogP contribution < -0.4 is 0 Å². The highest BCUT2D eigenvalue weighted by Crippen LogP contribution is 2.46. The fourth-order valence-corrected chi connectivity index (χ4v) is 4.82. The first-order valence-corrected chi connectivity index (χ1v) is 9.56. The number of fused-ring (bicyclic) bond motifs is 1. The number of aryl methyl sites for hydroxylation is 1. The summed E-state index contributed by atoms with van der Waals surface area (Å²) >= 11 is 0. The summed E-state index contributed by atoms with van der Waals surface area (Å²) in [6.07, 6.45) is 4.52. The van der Waals surface area contributed by atoms with Crippen LogP contribution in [0.25, 0.3) is 11.4 Å². The van der Waals surface area contributed by atoms with Crippen LogP contribution in [0.2, 0.25) is 0 Å². The molecule has 1 unspecified atom stereocenters. The van der Waals surface area contributed by atoms with E-state index in [1.807, 2.05) is 17.9 Å². The van der Waals surface area contributed by atoms with E-state index in [9.17, 15) is 9.59 Å². The number of amides is 1. The molecule has 1 amide bonds. The molecule has 27 heavy (non-hydrogen) atoms. The number of nitrogens with one attached hydrogen (secondary N) is 1. The van der Waals surface area contributed by atoms with Crippen LogP contribution in [0.3, 0.4) is 0 Å². The maximum Gasteiger partial charge on any atom is 0.307 e. The van der Waals surface area contributed by atoms with Crippen molar-refractivity contribution in [2.75, 3.05) is 6.54 Å². The molecule has 1 spiro atoms. The molecule has 1 N–H and O–H groups in total. The minimum absolute atomic E-state index is 0.0249. The molecule has 142 valence electrons. The molecule has 8 nitrogen and oxygen atoms in total. The normalized spacial score (nSPS) is 23.7. The molecule has 8 heteroatoms. The van der Waals surface area contributed by atoms with Crippen LogP contribution >= 0.6 is 0 Å². The lowest BCUT2D eigenvalue weighted by Gasteiger charge is -2.34. The van der Waals surface area contributed by atoms with E-state index < -0.39 is 5.60 Å². The van der Waals surface area contributed by atoms with Crippen molar-refractivity contribution >= 4 is 11.9 Å². The summed E-state index contributed by atoms with van der Waals surface area (Å²) in [6, 6.07) is 1.84. The van der Waals surface area contributed by atoms with Gasteiger partial charge in [0.2, 0.25) is 5.91 Å². The number of hydrogen-bond donors (Lipinski definition) is 1. The third-order valence-corrected chi connectivity index (χ3v) is 6.19. The van der Waals surface area contributed by atoms with E-state index in [4.69, 9.17) is 9.26 Å². The molecule has 1 saturated heterocycles. The number of hydrogen-bond acceptors (Lipinski definition) is 6. The average molecular weight is 370 g/mol. The fourth-order valence-electron chi connectivity index (χ4n) is 4.82. The summed E-state index contributed by atoms with van der Waals surface area (Å²) in [5.74, 6) is 0.140. The van der Waals surface area contributed by atoms with Gasteiger partial charge < -0.3 is 14.2 Å². The first kappa shape index (κ1) is 16.5. The van der Waals surface area contributed by atoms with E-state index >= 15 is 0 Å². The maximum absolute atomic E-state index is 13.3. The van der Waals surface area contributed by atoms with Crippen molar-refractivity contribution in [3.05, 3.63) is 23.1 Å². The third-order valence-electron chi connectivity index (χ3n) is 6.19. The van der Waals surface area contributed by atoms with E-state index in [1.54, 1.807) is 0 Å². The summed E-state index contributed by atoms with van der Waals surface area (Å²) in [6.45, 7) is 2.92. The maximum atomic E-state index is 13.3. The van der Waals surface area contributed by atoms with Gasteiger partial charge in [0, 0.05) is 36.8 Å². The van der Waals surface area contributed by atoms with Gasteiger partial charge in [0.05, 0.1) is 12.3 Å². The van der Waals surface area contributed by atoms with Gasteiger partial charge in [-0.3, -0.25) is 14.7 Å². The lowest BCUT2D eigenvalue weighted by atomic mass is 9.84. The number of esters is 1. The van der Waals surface area contributed by atoms with Crippen LogP contribution in [-0.4, -0.2) is 44.3 Å². The molecule has 0 radical (unpaired) electrons. The molecule has 2 fully saturated rings. The highest BCUT2D eigenvalue weighted by molar-refractivity contribution is 5.88. The number of aromatic nitrogens is 3. The second-order valence-corrected chi connectivity index (χ2v) is 7.86. The van der Waals surface area contributed by atoms with Gasteiger partial charge in [0.15, 0.2) is 0 Å². The van der Waals surface area contributed by atoms with Gasteiger partial charge in [0.1, 0.15) is 22.7 Å². The van der Waals surface area contributed by atoms with E-state index in [0.717, 1.165) is 48.4 Å². The second-order valence-electron chi connectivity index (χ2n) is 7.86. The number of nitrogens with zero attached hydrogens (tertiary/aromatic N) is 3. The third kappa shape index (κ3) is 2.57. The van der Waals surface area contributed by atoms with Crippen LogP contribution in [0.15, 0.2) is 10.6 Å². The number of ether oxygens (including phenoxy) is 1. The molecule has 1 saturated carbocycles. The van der Waals surface area contributed by atoms with Gasteiger partial charge >= 0.3 is 5.97 Å². The van der Waals surface area contributed by atoms with Gasteiger partial charge in [-0.05, 0) is 32.6 Å². The van der Waals surface area contributed by atoms with E-state index in [0.29, 0.717) is 25.2 Å². The summed E-state index contributed by atoms with van der Waals surface area (Å²) in [7, 11) is 0. The Morgan fingerprint density at radius 1 is 1.37 bits per heavy atom. The monoisotopic (exact) mass is 370 g/mol. The Labute approximate surface area is 156 Å². The molecule has 4 heterocycles. The first-order chi connectivity index (χ1) is 13.1. The van der Waals surface area contributed by atoms with E-state index in [-0.39, 0.29) is 24.2 Å². The molecule has 1 aliphatic carbocycles. The Morgan fingerprint density at radius 2 is 2.19 bits per heavy atom. The minimum atomic E-state index is -0.573. The Kier molecular flexibility index (Phi) is 3.63. The van der Waals surface area contributed by atoms with Crippen LogP contribution in [0.1, 0.15) is 49.1 Å². The van der Waals surface area contributed by atoms with Crippen molar-refractivity contribution in [2.45, 2.75) is 57.6 Å². The van der Waals surface area contributed by atoms with Crippen molar-refractivity contribution in [2.24, 2.45) is 5.92 Å². The van der Waals surface area contributed by atoms with Crippen molar-refractivity contribution in [3.8, 4) is 11.4 Å². The standard InChI is InChI=1S/C19H22N4O4/c1-11-8-15(22-27-11)17-12-10-23(7-4-14(12)20-21-17)18(25)13-9-16(24)26-19(13)5-2-3-6-19/h8,13H,2-7,9-10H2,1H3,(H,20,21). The first-order valence-electron chi connectivity index (χ1n) is 9.56. The van der Waals surface area contributed by atoms with Crippen molar-refractivity contribution in [3.63, 3.8) is 0 Å².